The summed E-state index contributed by atoms with van der Waals surface area (Å²) in [6, 6.07) is 7.60. The van der Waals surface area contributed by atoms with Crippen molar-refractivity contribution < 1.29 is 9.53 Å². The van der Waals surface area contributed by atoms with E-state index in [9.17, 15) is 4.79 Å². The van der Waals surface area contributed by atoms with Crippen LogP contribution in [-0.2, 0) is 4.74 Å². The minimum absolute atomic E-state index is 0.0107. The van der Waals surface area contributed by atoms with Gasteiger partial charge in [-0.1, -0.05) is 23.7 Å². The zero-order valence-corrected chi connectivity index (χ0v) is 15.9. The van der Waals surface area contributed by atoms with Gasteiger partial charge in [-0.15, -0.1) is 0 Å². The molecule has 1 aromatic carbocycles. The highest BCUT2D eigenvalue weighted by Crippen LogP contribution is 2.29. The second-order valence-electron chi connectivity index (χ2n) is 7.31. The molecule has 2 fully saturated rings. The fourth-order valence-corrected chi connectivity index (χ4v) is 3.95. The van der Waals surface area contributed by atoms with Crippen LogP contribution in [0.4, 0.5) is 4.79 Å². The average Bonchev–Trinajstić information content (AvgIpc) is 2.63. The van der Waals surface area contributed by atoms with Crippen molar-refractivity contribution in [3.05, 3.63) is 34.9 Å². The van der Waals surface area contributed by atoms with Crippen LogP contribution >= 0.6 is 11.6 Å². The third-order valence-corrected chi connectivity index (χ3v) is 5.83. The van der Waals surface area contributed by atoms with Gasteiger partial charge in [0, 0.05) is 36.7 Å². The van der Waals surface area contributed by atoms with E-state index >= 15 is 0 Å². The lowest BCUT2D eigenvalue weighted by Crippen LogP contribution is -2.58. The molecule has 0 saturated carbocycles. The van der Waals surface area contributed by atoms with Gasteiger partial charge in [0.2, 0.25) is 0 Å². The summed E-state index contributed by atoms with van der Waals surface area (Å²) in [5, 5.41) is 3.79. The van der Waals surface area contributed by atoms with E-state index in [4.69, 9.17) is 16.3 Å². The zero-order chi connectivity index (χ0) is 17.9. The van der Waals surface area contributed by atoms with Gasteiger partial charge in [-0.05, 0) is 44.4 Å². The standard InChI is InChI=1S/C19H28ClN3O2/c1-15(16-4-3-5-17(20)14-16)21-18(24)22-8-6-19(2,7-9-22)23-10-12-25-13-11-23/h3-5,14-15H,6-13H2,1-2H3,(H,21,24)/t15-/m1/s1. The Hall–Kier alpha value is -1.30. The molecule has 1 N–H and O–H groups in total. The van der Waals surface area contributed by atoms with Gasteiger partial charge in [-0.2, -0.15) is 0 Å². The Morgan fingerprint density at radius 3 is 2.56 bits per heavy atom. The highest BCUT2D eigenvalue weighted by Gasteiger charge is 2.37. The highest BCUT2D eigenvalue weighted by atomic mass is 35.5. The third-order valence-electron chi connectivity index (χ3n) is 5.59. The Bertz CT molecular complexity index is 596. The largest absolute Gasteiger partial charge is 0.379 e. The van der Waals surface area contributed by atoms with Crippen molar-refractivity contribution in [2.45, 2.75) is 38.3 Å². The number of amides is 2. The number of halogens is 1. The Kier molecular flexibility index (Phi) is 5.87. The Morgan fingerprint density at radius 1 is 1.24 bits per heavy atom. The second kappa shape index (κ2) is 7.94. The minimum atomic E-state index is -0.0567. The first-order chi connectivity index (χ1) is 12.0. The van der Waals surface area contributed by atoms with E-state index in [-0.39, 0.29) is 17.6 Å². The van der Waals surface area contributed by atoms with Gasteiger partial charge in [0.05, 0.1) is 19.3 Å². The predicted molar refractivity (Wildman–Crippen MR) is 100 cm³/mol. The highest BCUT2D eigenvalue weighted by molar-refractivity contribution is 6.30. The van der Waals surface area contributed by atoms with Crippen LogP contribution in [0.1, 0.15) is 38.3 Å². The Morgan fingerprint density at radius 2 is 1.92 bits per heavy atom. The molecule has 0 aromatic heterocycles. The SMILES string of the molecule is C[C@@H](NC(=O)N1CCC(C)(N2CCOCC2)CC1)c1cccc(Cl)c1. The average molecular weight is 366 g/mol. The first-order valence-electron chi connectivity index (χ1n) is 9.12. The molecule has 0 unspecified atom stereocenters. The van der Waals surface area contributed by atoms with E-state index in [1.54, 1.807) is 0 Å². The number of hydrogen-bond acceptors (Lipinski definition) is 3. The molecule has 2 saturated heterocycles. The normalized spacial score (nSPS) is 22.4. The topological polar surface area (TPSA) is 44.8 Å². The van der Waals surface area contributed by atoms with Gasteiger partial charge in [-0.25, -0.2) is 4.79 Å². The van der Waals surface area contributed by atoms with Gasteiger partial charge in [0.15, 0.2) is 0 Å². The summed E-state index contributed by atoms with van der Waals surface area (Å²) in [5.74, 6) is 0. The van der Waals surface area contributed by atoms with Crippen molar-refractivity contribution in [2.24, 2.45) is 0 Å². The molecule has 1 atom stereocenters. The summed E-state index contributed by atoms with van der Waals surface area (Å²) in [5.41, 5.74) is 1.20. The maximum Gasteiger partial charge on any atom is 0.317 e. The number of carbonyl (C=O) groups is 1. The molecule has 0 radical (unpaired) electrons. The number of ether oxygens (including phenoxy) is 1. The first-order valence-corrected chi connectivity index (χ1v) is 9.49. The van der Waals surface area contributed by atoms with Crippen molar-refractivity contribution in [1.82, 2.24) is 15.1 Å². The van der Waals surface area contributed by atoms with Crippen LogP contribution in [0, 0.1) is 0 Å². The van der Waals surface area contributed by atoms with Gasteiger partial charge >= 0.3 is 6.03 Å². The van der Waals surface area contributed by atoms with Crippen LogP contribution in [0.25, 0.3) is 0 Å². The summed E-state index contributed by atoms with van der Waals surface area (Å²) in [6.45, 7) is 9.52. The zero-order valence-electron chi connectivity index (χ0n) is 15.1. The molecule has 0 spiro atoms. The number of carbonyl (C=O) groups excluding carboxylic acids is 1. The number of morpholine rings is 1. The number of likely N-dealkylation sites (tertiary alicyclic amines) is 1. The number of hydrogen-bond donors (Lipinski definition) is 1. The quantitative estimate of drug-likeness (QED) is 0.893. The summed E-state index contributed by atoms with van der Waals surface area (Å²) in [4.78, 5) is 17.1. The van der Waals surface area contributed by atoms with Crippen LogP contribution in [0.2, 0.25) is 5.02 Å². The molecule has 2 amide bonds. The first kappa shape index (κ1) is 18.5. The fraction of sp³-hybridized carbons (Fsp3) is 0.632. The Balaban J connectivity index is 1.52. The van der Waals surface area contributed by atoms with E-state index < -0.39 is 0 Å². The molecule has 5 nitrogen and oxygen atoms in total. The van der Waals surface area contributed by atoms with Crippen molar-refractivity contribution in [1.29, 1.82) is 0 Å². The van der Waals surface area contributed by atoms with E-state index in [1.165, 1.54) is 0 Å². The van der Waals surface area contributed by atoms with Crippen molar-refractivity contribution >= 4 is 17.6 Å². The van der Waals surface area contributed by atoms with Gasteiger partial charge < -0.3 is 15.0 Å². The second-order valence-corrected chi connectivity index (χ2v) is 7.75. The monoisotopic (exact) mass is 365 g/mol. The number of rotatable bonds is 3. The van der Waals surface area contributed by atoms with Gasteiger partial charge in [0.25, 0.3) is 0 Å². The predicted octanol–water partition coefficient (Wildman–Crippen LogP) is 3.30. The molecule has 1 aromatic rings. The van der Waals surface area contributed by atoms with Crippen LogP contribution < -0.4 is 5.32 Å². The third kappa shape index (κ3) is 4.46. The number of nitrogens with one attached hydrogen (secondary N) is 1. The van der Waals surface area contributed by atoms with Crippen molar-refractivity contribution in [2.75, 3.05) is 39.4 Å². The van der Waals surface area contributed by atoms with Crippen molar-refractivity contribution in [3.8, 4) is 0 Å². The molecular weight excluding hydrogens is 338 g/mol. The molecular formula is C19H28ClN3O2. The van der Waals surface area contributed by atoms with Crippen LogP contribution in [0.3, 0.4) is 0 Å². The summed E-state index contributed by atoms with van der Waals surface area (Å²) in [7, 11) is 0. The lowest BCUT2D eigenvalue weighted by molar-refractivity contribution is -0.0357. The van der Waals surface area contributed by atoms with E-state index in [0.717, 1.165) is 57.8 Å². The van der Waals surface area contributed by atoms with Gasteiger partial charge in [-0.3, -0.25) is 4.90 Å². The van der Waals surface area contributed by atoms with Crippen molar-refractivity contribution in [3.63, 3.8) is 0 Å². The van der Waals surface area contributed by atoms with E-state index in [2.05, 4.69) is 17.1 Å². The molecule has 6 heteroatoms. The summed E-state index contributed by atoms with van der Waals surface area (Å²) in [6.07, 6.45) is 2.01. The number of benzene rings is 1. The minimum Gasteiger partial charge on any atom is -0.379 e. The molecule has 0 bridgehead atoms. The maximum absolute atomic E-state index is 12.6. The van der Waals surface area contributed by atoms with Crippen LogP contribution in [0.5, 0.6) is 0 Å². The summed E-state index contributed by atoms with van der Waals surface area (Å²) >= 11 is 6.04. The summed E-state index contributed by atoms with van der Waals surface area (Å²) < 4.78 is 5.46. The van der Waals surface area contributed by atoms with Crippen LogP contribution in [0.15, 0.2) is 24.3 Å². The van der Waals surface area contributed by atoms with E-state index in [1.807, 2.05) is 36.1 Å². The molecule has 3 rings (SSSR count). The van der Waals surface area contributed by atoms with Crippen LogP contribution in [-0.4, -0.2) is 60.8 Å². The Labute approximate surface area is 155 Å². The molecule has 2 heterocycles. The molecule has 138 valence electrons. The number of nitrogens with zero attached hydrogens (tertiary/aromatic N) is 2. The number of piperidine rings is 1. The number of urea groups is 1. The lowest BCUT2D eigenvalue weighted by atomic mass is 9.87. The maximum atomic E-state index is 12.6. The molecule has 2 aliphatic heterocycles. The fourth-order valence-electron chi connectivity index (χ4n) is 3.75. The molecule has 2 aliphatic rings. The smallest absolute Gasteiger partial charge is 0.317 e. The molecule has 0 aliphatic carbocycles. The van der Waals surface area contributed by atoms with Gasteiger partial charge in [0.1, 0.15) is 0 Å². The van der Waals surface area contributed by atoms with E-state index in [0.29, 0.717) is 5.02 Å². The lowest BCUT2D eigenvalue weighted by Gasteiger charge is -2.48. The molecule has 25 heavy (non-hydrogen) atoms.